The molecule has 7 heteroatoms. The van der Waals surface area contributed by atoms with Crippen LogP contribution < -0.4 is 10.2 Å². The number of rotatable bonds is 5. The highest BCUT2D eigenvalue weighted by Gasteiger charge is 2.21. The van der Waals surface area contributed by atoms with Crippen LogP contribution in [0.15, 0.2) is 30.3 Å². The molecule has 2 N–H and O–H groups in total. The van der Waals surface area contributed by atoms with Crippen molar-refractivity contribution in [1.82, 2.24) is 5.32 Å². The molecule has 1 fully saturated rings. The fourth-order valence-electron chi connectivity index (χ4n) is 1.97. The molecule has 0 saturated carbocycles. The van der Waals surface area contributed by atoms with Crippen LogP contribution >= 0.6 is 23.5 Å². The minimum atomic E-state index is -1.03. The highest BCUT2D eigenvalue weighted by atomic mass is 32.2. The zero-order chi connectivity index (χ0) is 15.1. The van der Waals surface area contributed by atoms with Gasteiger partial charge < -0.3 is 10.4 Å². The Kier molecular flexibility index (Phi) is 6.25. The number of carbonyl (C=O) groups is 2. The molecule has 5 nitrogen and oxygen atoms in total. The summed E-state index contributed by atoms with van der Waals surface area (Å²) in [7, 11) is 0. The minimum Gasteiger partial charge on any atom is -0.480 e. The van der Waals surface area contributed by atoms with Crippen molar-refractivity contribution in [3.63, 3.8) is 0 Å². The van der Waals surface area contributed by atoms with Gasteiger partial charge in [0.1, 0.15) is 6.54 Å². The van der Waals surface area contributed by atoms with Crippen LogP contribution in [0, 0.1) is 0 Å². The Balaban J connectivity index is 1.95. The van der Waals surface area contributed by atoms with E-state index in [1.807, 2.05) is 29.6 Å². The molecule has 1 heterocycles. The zero-order valence-electron chi connectivity index (χ0n) is 11.5. The average molecular weight is 326 g/mol. The third-order valence-corrected chi connectivity index (χ3v) is 5.82. The van der Waals surface area contributed by atoms with Crippen LogP contribution in [-0.4, -0.2) is 52.7 Å². The number of hydrogen-bond acceptors (Lipinski definition) is 4. The van der Waals surface area contributed by atoms with E-state index in [4.69, 9.17) is 5.11 Å². The normalized spacial score (nSPS) is 18.0. The van der Waals surface area contributed by atoms with Crippen molar-refractivity contribution >= 4 is 41.2 Å². The van der Waals surface area contributed by atoms with E-state index in [1.54, 1.807) is 24.3 Å². The lowest BCUT2D eigenvalue weighted by atomic mass is 10.3. The van der Waals surface area contributed by atoms with E-state index < -0.39 is 5.97 Å². The van der Waals surface area contributed by atoms with Crippen molar-refractivity contribution in [2.45, 2.75) is 5.25 Å². The second kappa shape index (κ2) is 8.19. The van der Waals surface area contributed by atoms with E-state index in [0.29, 0.717) is 17.5 Å². The second-order valence-corrected chi connectivity index (χ2v) is 7.13. The number of amides is 2. The van der Waals surface area contributed by atoms with Gasteiger partial charge in [-0.1, -0.05) is 18.2 Å². The lowest BCUT2D eigenvalue weighted by Crippen LogP contribution is -2.45. The number of nitrogens with one attached hydrogen (secondary N) is 1. The molecule has 1 unspecified atom stereocenters. The van der Waals surface area contributed by atoms with Gasteiger partial charge in [-0.25, -0.2) is 4.79 Å². The fourth-order valence-corrected chi connectivity index (χ4v) is 4.59. The van der Waals surface area contributed by atoms with Crippen LogP contribution in [0.5, 0.6) is 0 Å². The maximum atomic E-state index is 12.3. The van der Waals surface area contributed by atoms with Gasteiger partial charge in [-0.15, -0.1) is 0 Å². The average Bonchev–Trinajstić information content (AvgIpc) is 2.52. The predicted molar refractivity (Wildman–Crippen MR) is 88.4 cm³/mol. The number of anilines is 1. The van der Waals surface area contributed by atoms with Crippen molar-refractivity contribution in [2.75, 3.05) is 35.2 Å². The first-order valence-corrected chi connectivity index (χ1v) is 8.88. The van der Waals surface area contributed by atoms with Crippen molar-refractivity contribution in [1.29, 1.82) is 0 Å². The second-order valence-electron chi connectivity index (χ2n) is 4.57. The molecular formula is C14H18N2O3S2. The lowest BCUT2D eigenvalue weighted by molar-refractivity contribution is -0.135. The predicted octanol–water partition coefficient (Wildman–Crippen LogP) is 2.14. The monoisotopic (exact) mass is 326 g/mol. The number of para-hydroxylation sites is 1. The molecule has 0 aliphatic carbocycles. The number of carboxylic acid groups (broad SMARTS) is 1. The summed E-state index contributed by atoms with van der Waals surface area (Å²) in [6.07, 6.45) is 0. The van der Waals surface area contributed by atoms with E-state index in [0.717, 1.165) is 17.3 Å². The maximum Gasteiger partial charge on any atom is 0.323 e. The highest BCUT2D eigenvalue weighted by Crippen LogP contribution is 2.23. The van der Waals surface area contributed by atoms with E-state index in [9.17, 15) is 9.59 Å². The van der Waals surface area contributed by atoms with E-state index >= 15 is 0 Å². The summed E-state index contributed by atoms with van der Waals surface area (Å²) < 4.78 is 0. The lowest BCUT2D eigenvalue weighted by Gasteiger charge is -2.25. The van der Waals surface area contributed by atoms with Gasteiger partial charge in [-0.05, 0) is 12.1 Å². The standard InChI is InChI=1S/C14H18N2O3S2/c17-13(18)9-16(11-4-2-1-3-5-11)14(19)15-8-12-10-20-6-7-21-12/h1-5,12H,6-10H2,(H,15,19)(H,17,18). The fraction of sp³-hybridized carbons (Fsp3) is 0.429. The Morgan fingerprint density at radius 2 is 2.05 bits per heavy atom. The molecule has 1 saturated heterocycles. The number of benzene rings is 1. The molecule has 1 aromatic carbocycles. The third kappa shape index (κ3) is 5.17. The van der Waals surface area contributed by atoms with Crippen molar-refractivity contribution in [3.8, 4) is 0 Å². The molecule has 114 valence electrons. The molecule has 2 amide bonds. The first-order valence-electron chi connectivity index (χ1n) is 6.68. The van der Waals surface area contributed by atoms with Gasteiger partial charge in [0.2, 0.25) is 0 Å². The number of aliphatic carboxylic acids is 1. The van der Waals surface area contributed by atoms with Crippen molar-refractivity contribution < 1.29 is 14.7 Å². The summed E-state index contributed by atoms with van der Waals surface area (Å²) >= 11 is 3.75. The first-order chi connectivity index (χ1) is 10.2. The van der Waals surface area contributed by atoms with Gasteiger partial charge in [-0.2, -0.15) is 23.5 Å². The number of nitrogens with zero attached hydrogens (tertiary/aromatic N) is 1. The Hall–Kier alpha value is -1.34. The van der Waals surface area contributed by atoms with Crippen LogP contribution in [0.1, 0.15) is 0 Å². The maximum absolute atomic E-state index is 12.3. The quantitative estimate of drug-likeness (QED) is 0.867. The molecular weight excluding hydrogens is 308 g/mol. The van der Waals surface area contributed by atoms with Crippen molar-refractivity contribution in [2.24, 2.45) is 0 Å². The number of carboxylic acids is 1. The number of carbonyl (C=O) groups excluding carboxylic acids is 1. The third-order valence-electron chi connectivity index (χ3n) is 2.97. The molecule has 0 bridgehead atoms. The summed E-state index contributed by atoms with van der Waals surface area (Å²) in [5, 5.41) is 12.2. The molecule has 1 aliphatic rings. The van der Waals surface area contributed by atoms with Crippen LogP contribution in [0.2, 0.25) is 0 Å². The number of hydrogen-bond donors (Lipinski definition) is 2. The van der Waals surface area contributed by atoms with Crippen LogP contribution in [0.3, 0.4) is 0 Å². The summed E-state index contributed by atoms with van der Waals surface area (Å²) in [6.45, 7) is 0.224. The number of urea groups is 1. The Morgan fingerprint density at radius 3 is 2.67 bits per heavy atom. The van der Waals surface area contributed by atoms with Crippen LogP contribution in [0.25, 0.3) is 0 Å². The van der Waals surface area contributed by atoms with Gasteiger partial charge in [-0.3, -0.25) is 9.69 Å². The Bertz CT molecular complexity index is 478. The summed E-state index contributed by atoms with van der Waals surface area (Å²) in [5.41, 5.74) is 0.586. The van der Waals surface area contributed by atoms with E-state index in [2.05, 4.69) is 5.32 Å². The summed E-state index contributed by atoms with van der Waals surface area (Å²) in [6, 6.07) is 8.49. The topological polar surface area (TPSA) is 69.6 Å². The van der Waals surface area contributed by atoms with Gasteiger partial charge in [0.25, 0.3) is 0 Å². The van der Waals surface area contributed by atoms with E-state index in [-0.39, 0.29) is 12.6 Å². The highest BCUT2D eigenvalue weighted by molar-refractivity contribution is 8.06. The van der Waals surface area contributed by atoms with Crippen molar-refractivity contribution in [3.05, 3.63) is 30.3 Å². The molecule has 1 atom stereocenters. The van der Waals surface area contributed by atoms with E-state index in [1.165, 1.54) is 4.90 Å². The zero-order valence-corrected chi connectivity index (χ0v) is 13.2. The Morgan fingerprint density at radius 1 is 1.29 bits per heavy atom. The molecule has 21 heavy (non-hydrogen) atoms. The Labute approximate surface area is 132 Å². The number of thioether (sulfide) groups is 2. The molecule has 0 aromatic heterocycles. The molecule has 0 spiro atoms. The largest absolute Gasteiger partial charge is 0.480 e. The van der Waals surface area contributed by atoms with Gasteiger partial charge in [0, 0.05) is 34.7 Å². The van der Waals surface area contributed by atoms with Crippen LogP contribution in [0.4, 0.5) is 10.5 Å². The summed E-state index contributed by atoms with van der Waals surface area (Å²) in [5.74, 6) is 2.25. The molecule has 0 radical (unpaired) electrons. The smallest absolute Gasteiger partial charge is 0.323 e. The SMILES string of the molecule is O=C(O)CN(C(=O)NCC1CSCCS1)c1ccccc1. The van der Waals surface area contributed by atoms with Gasteiger partial charge in [0.05, 0.1) is 0 Å². The molecule has 1 aromatic rings. The molecule has 1 aliphatic heterocycles. The van der Waals surface area contributed by atoms with Crippen LogP contribution in [-0.2, 0) is 4.79 Å². The van der Waals surface area contributed by atoms with Gasteiger partial charge in [0.15, 0.2) is 0 Å². The first kappa shape index (κ1) is 16.0. The van der Waals surface area contributed by atoms with Gasteiger partial charge >= 0.3 is 12.0 Å². The minimum absolute atomic E-state index is 0.345. The summed E-state index contributed by atoms with van der Waals surface area (Å²) in [4.78, 5) is 24.5. The molecule has 2 rings (SSSR count).